The maximum atomic E-state index is 13.4. The number of hydroxylamine groups is 1. The number of carboxylic acids is 1. The molecule has 0 bridgehead atoms. The topological polar surface area (TPSA) is 345 Å². The molecule has 350 valence electrons. The molecule has 0 saturated carbocycles. The molecule has 62 heavy (non-hydrogen) atoms. The summed E-state index contributed by atoms with van der Waals surface area (Å²) in [4.78, 5) is 124. The normalized spacial score (nSPS) is 18.4. The smallest absolute Gasteiger partial charge is 0.315 e. The third kappa shape index (κ3) is 20.8. The van der Waals surface area contributed by atoms with E-state index in [1.54, 1.807) is 20.1 Å². The van der Waals surface area contributed by atoms with Gasteiger partial charge in [0.1, 0.15) is 18.1 Å². The van der Waals surface area contributed by atoms with Crippen molar-refractivity contribution in [1.29, 1.82) is 0 Å². The van der Waals surface area contributed by atoms with Gasteiger partial charge in [-0.3, -0.25) is 48.4 Å². The van der Waals surface area contributed by atoms with Gasteiger partial charge in [0, 0.05) is 42.7 Å². The highest BCUT2D eigenvalue weighted by atomic mass is 32.2. The Morgan fingerprint density at radius 1 is 0.774 bits per heavy atom. The van der Waals surface area contributed by atoms with E-state index in [1.165, 1.54) is 17.2 Å². The maximum Gasteiger partial charge on any atom is 0.315 e. The molecule has 2 heterocycles. The molecule has 24 heteroatoms. The molecule has 1 unspecified atom stereocenters. The second-order valence-electron chi connectivity index (χ2n) is 15.6. The molecule has 0 aromatic carbocycles. The van der Waals surface area contributed by atoms with Crippen molar-refractivity contribution in [2.24, 2.45) is 17.6 Å². The molecule has 2 fully saturated rings. The molecular formula is C38H64N10O12S2. The molecule has 2 rings (SSSR count). The molecule has 0 aromatic heterocycles. The number of thioether (sulfide) groups is 2. The number of hydrogen-bond donors (Lipinski definition) is 12. The lowest BCUT2D eigenvalue weighted by molar-refractivity contribution is -0.139. The zero-order valence-corrected chi connectivity index (χ0v) is 37.1. The highest BCUT2D eigenvalue weighted by Crippen LogP contribution is 2.33. The Labute approximate surface area is 369 Å². The molecule has 7 atom stereocenters. The third-order valence-corrected chi connectivity index (χ3v) is 12.2. The Balaban J connectivity index is 1.77. The number of nitrogens with two attached hydrogens (primary N) is 1. The van der Waals surface area contributed by atoms with Gasteiger partial charge in [0.05, 0.1) is 25.2 Å². The fourth-order valence-corrected chi connectivity index (χ4v) is 8.87. The van der Waals surface area contributed by atoms with Crippen LogP contribution in [0.4, 0.5) is 4.79 Å². The number of amides is 10. The van der Waals surface area contributed by atoms with Crippen LogP contribution in [0.2, 0.25) is 0 Å². The van der Waals surface area contributed by atoms with E-state index in [0.717, 1.165) is 25.0 Å². The lowest BCUT2D eigenvalue weighted by atomic mass is 9.92. The fraction of sp³-hybridized carbons (Fsp3) is 0.737. The van der Waals surface area contributed by atoms with Crippen molar-refractivity contribution in [3.05, 3.63) is 0 Å². The van der Waals surface area contributed by atoms with Crippen molar-refractivity contribution in [2.75, 3.05) is 37.4 Å². The zero-order valence-electron chi connectivity index (χ0n) is 35.5. The van der Waals surface area contributed by atoms with Crippen LogP contribution in [0.5, 0.6) is 0 Å². The van der Waals surface area contributed by atoms with Crippen molar-refractivity contribution in [2.45, 2.75) is 126 Å². The van der Waals surface area contributed by atoms with Crippen molar-refractivity contribution in [3.63, 3.8) is 0 Å². The Morgan fingerprint density at radius 3 is 2.13 bits per heavy atom. The number of rotatable bonds is 31. The molecule has 0 radical (unpaired) electrons. The number of hydrogen-bond acceptors (Lipinski definition) is 13. The summed E-state index contributed by atoms with van der Waals surface area (Å²) in [6.07, 6.45) is 4.86. The van der Waals surface area contributed by atoms with E-state index in [2.05, 4.69) is 42.5 Å². The summed E-state index contributed by atoms with van der Waals surface area (Å²) < 4.78 is 0. The molecule has 0 aromatic rings. The predicted octanol–water partition coefficient (Wildman–Crippen LogP) is -1.65. The monoisotopic (exact) mass is 916 g/mol. The number of unbranched alkanes of at least 4 members (excludes halogenated alkanes) is 2. The molecule has 0 aliphatic carbocycles. The lowest BCUT2D eigenvalue weighted by Crippen LogP contribution is -2.55. The van der Waals surface area contributed by atoms with Crippen LogP contribution in [-0.4, -0.2) is 142 Å². The van der Waals surface area contributed by atoms with Crippen LogP contribution >= 0.6 is 23.5 Å². The van der Waals surface area contributed by atoms with Gasteiger partial charge >= 0.3 is 12.0 Å². The van der Waals surface area contributed by atoms with Gasteiger partial charge in [0.25, 0.3) is 0 Å². The zero-order chi connectivity index (χ0) is 46.2. The first-order chi connectivity index (χ1) is 29.4. The van der Waals surface area contributed by atoms with Gasteiger partial charge in [-0.2, -0.15) is 23.5 Å². The minimum atomic E-state index is -1.40. The number of fused-ring (bicyclic) bond motifs is 1. The second-order valence-corrected chi connectivity index (χ2v) is 17.9. The van der Waals surface area contributed by atoms with Crippen LogP contribution in [0, 0.1) is 11.8 Å². The van der Waals surface area contributed by atoms with Crippen molar-refractivity contribution in [3.8, 4) is 0 Å². The van der Waals surface area contributed by atoms with Crippen LogP contribution in [0.25, 0.3) is 0 Å². The standard InChI is InChI=1S/C38H64N10O12S2/c1-21(2)16-22(17-29(50)48-60)35(56)44-24(11-12-32(53)54)37(58)45-25(13-15-61-3)36(57)42-18-30(51)41-19-31(52)43-23(34(39)55)8-6-7-14-40-28(49)10-5-4-9-27-33-26(20-62-27)46-38(59)47-33/h21-27,33,60H,4-20H2,1-3H3,(H2,39,55)(H,40,49)(H,41,51)(H,42,57)(H,43,52)(H,44,56)(H,45,58)(H,48,50)(H,53,54)(H2,46,47,59)/t22?,23-,24-,25-,26-,27-,33-/m0/s1. The Hall–Kier alpha value is -4.84. The average Bonchev–Trinajstić information content (AvgIpc) is 3.78. The Bertz CT molecular complexity index is 1570. The van der Waals surface area contributed by atoms with Crippen LogP contribution in [0.15, 0.2) is 0 Å². The molecule has 0 spiro atoms. The Morgan fingerprint density at radius 2 is 1.47 bits per heavy atom. The maximum absolute atomic E-state index is 13.4. The number of carboxylic acid groups (broad SMARTS) is 1. The van der Waals surface area contributed by atoms with Crippen molar-refractivity contribution in [1.82, 2.24) is 48.0 Å². The summed E-state index contributed by atoms with van der Waals surface area (Å²) in [5, 5.41) is 39.4. The van der Waals surface area contributed by atoms with Gasteiger partial charge in [-0.05, 0) is 69.3 Å². The number of urea groups is 1. The summed E-state index contributed by atoms with van der Waals surface area (Å²) in [7, 11) is 0. The lowest BCUT2D eigenvalue weighted by Gasteiger charge is -2.25. The minimum absolute atomic E-state index is 0.0504. The number of carbonyl (C=O) groups is 10. The van der Waals surface area contributed by atoms with Gasteiger partial charge in [-0.25, -0.2) is 10.3 Å². The van der Waals surface area contributed by atoms with E-state index in [-0.39, 0.29) is 55.6 Å². The quantitative estimate of drug-likeness (QED) is 0.0161. The first-order valence-corrected chi connectivity index (χ1v) is 23.2. The van der Waals surface area contributed by atoms with Gasteiger partial charge in [-0.15, -0.1) is 0 Å². The van der Waals surface area contributed by atoms with Crippen LogP contribution in [-0.2, 0) is 43.2 Å². The predicted molar refractivity (Wildman–Crippen MR) is 229 cm³/mol. The molecular weight excluding hydrogens is 853 g/mol. The van der Waals surface area contributed by atoms with Crippen molar-refractivity contribution >= 4 is 82.8 Å². The molecule has 2 saturated heterocycles. The number of primary amides is 1. The summed E-state index contributed by atoms with van der Waals surface area (Å²) >= 11 is 3.19. The van der Waals surface area contributed by atoms with Crippen LogP contribution in [0.3, 0.4) is 0 Å². The number of aliphatic carboxylic acids is 1. The highest BCUT2D eigenvalue weighted by Gasteiger charge is 2.42. The van der Waals surface area contributed by atoms with Gasteiger partial charge < -0.3 is 53.4 Å². The van der Waals surface area contributed by atoms with E-state index in [0.29, 0.717) is 36.8 Å². The van der Waals surface area contributed by atoms with Gasteiger partial charge in [0.2, 0.25) is 47.3 Å². The molecule has 10 amide bonds. The SMILES string of the molecule is CSCC[C@H](NC(=O)[C@H](CCC(=O)O)NC(=O)C(CC(=O)NO)CC(C)C)C(=O)NCC(=O)NCC(=O)N[C@@H](CCCCNC(=O)CCCC[C@@H]1SC[C@@H]2NC(=O)N[C@@H]21)C(N)=O. The minimum Gasteiger partial charge on any atom is -0.481 e. The number of carbonyl (C=O) groups excluding carboxylic acids is 9. The van der Waals surface area contributed by atoms with E-state index in [1.807, 2.05) is 11.8 Å². The van der Waals surface area contributed by atoms with Crippen molar-refractivity contribution < 1.29 is 58.3 Å². The first kappa shape index (κ1) is 53.3. The fourth-order valence-electron chi connectivity index (χ4n) is 6.85. The van der Waals surface area contributed by atoms with Crippen LogP contribution < -0.4 is 53.7 Å². The molecule has 2 aliphatic rings. The van der Waals surface area contributed by atoms with Gasteiger partial charge in [-0.1, -0.05) is 20.3 Å². The van der Waals surface area contributed by atoms with Gasteiger partial charge in [0.15, 0.2) is 0 Å². The highest BCUT2D eigenvalue weighted by molar-refractivity contribution is 8.00. The van der Waals surface area contributed by atoms with E-state index in [4.69, 9.17) is 10.9 Å². The largest absolute Gasteiger partial charge is 0.481 e. The number of nitrogens with one attached hydrogen (secondary N) is 9. The second kappa shape index (κ2) is 28.7. The Kier molecular flexibility index (Phi) is 24.7. The van der Waals surface area contributed by atoms with E-state index >= 15 is 0 Å². The first-order valence-electron chi connectivity index (χ1n) is 20.8. The van der Waals surface area contributed by atoms with E-state index in [9.17, 15) is 53.1 Å². The summed E-state index contributed by atoms with van der Waals surface area (Å²) in [5.74, 6) is -6.52. The average molecular weight is 917 g/mol. The molecule has 2 aliphatic heterocycles. The summed E-state index contributed by atoms with van der Waals surface area (Å²) in [6, 6.07) is -3.48. The molecule has 22 nitrogen and oxygen atoms in total. The summed E-state index contributed by atoms with van der Waals surface area (Å²) in [5.41, 5.74) is 6.94. The van der Waals surface area contributed by atoms with E-state index < -0.39 is 97.3 Å². The molecule has 13 N–H and O–H groups in total. The van der Waals surface area contributed by atoms with Crippen LogP contribution in [0.1, 0.15) is 90.9 Å². The third-order valence-electron chi connectivity index (χ3n) is 10.1. The summed E-state index contributed by atoms with van der Waals surface area (Å²) in [6.45, 7) is 2.84.